The monoisotopic (exact) mass is 346 g/mol. The molecular formula is C19H30N4O2. The highest BCUT2D eigenvalue weighted by Gasteiger charge is 2.26. The number of benzene rings is 1. The fourth-order valence-electron chi connectivity index (χ4n) is 3.59. The van der Waals surface area contributed by atoms with Gasteiger partial charge in [0.05, 0.1) is 19.3 Å². The second-order valence-corrected chi connectivity index (χ2v) is 7.19. The number of para-hydroxylation sites is 1. The number of hydrogen-bond donors (Lipinski definition) is 0. The second-order valence-electron chi connectivity index (χ2n) is 7.19. The van der Waals surface area contributed by atoms with Crippen LogP contribution in [-0.4, -0.2) is 99.8 Å². The van der Waals surface area contributed by atoms with Crippen LogP contribution in [0.4, 0.5) is 5.69 Å². The van der Waals surface area contributed by atoms with Gasteiger partial charge < -0.3 is 19.4 Å². The summed E-state index contributed by atoms with van der Waals surface area (Å²) in [5, 5.41) is 0. The standard InChI is InChI=1S/C19H30N4O2/c1-20(2)14-18-15-21(12-13-25-18)16-19(24)23-10-8-22(9-11-23)17-6-4-3-5-7-17/h3-7,18H,8-16H2,1-2H3/t18-/m1/s1. The fourth-order valence-corrected chi connectivity index (χ4v) is 3.59. The molecule has 3 rings (SSSR count). The van der Waals surface area contributed by atoms with Crippen LogP contribution in [0.3, 0.4) is 0 Å². The number of rotatable bonds is 5. The van der Waals surface area contributed by atoms with Crippen molar-refractivity contribution in [3.05, 3.63) is 30.3 Å². The smallest absolute Gasteiger partial charge is 0.236 e. The Bertz CT molecular complexity index is 544. The van der Waals surface area contributed by atoms with Crippen molar-refractivity contribution < 1.29 is 9.53 Å². The molecule has 1 atom stereocenters. The first kappa shape index (κ1) is 18.2. The van der Waals surface area contributed by atoms with Gasteiger partial charge in [-0.15, -0.1) is 0 Å². The summed E-state index contributed by atoms with van der Waals surface area (Å²) in [5.74, 6) is 0.248. The molecule has 2 heterocycles. The van der Waals surface area contributed by atoms with E-state index in [1.807, 2.05) is 11.0 Å². The molecule has 0 aliphatic carbocycles. The summed E-state index contributed by atoms with van der Waals surface area (Å²) in [6, 6.07) is 10.4. The lowest BCUT2D eigenvalue weighted by molar-refractivity contribution is -0.134. The first-order chi connectivity index (χ1) is 12.1. The van der Waals surface area contributed by atoms with Crippen LogP contribution in [0.1, 0.15) is 0 Å². The highest BCUT2D eigenvalue weighted by molar-refractivity contribution is 5.78. The minimum absolute atomic E-state index is 0.200. The summed E-state index contributed by atoms with van der Waals surface area (Å²) in [5.41, 5.74) is 1.24. The van der Waals surface area contributed by atoms with Crippen LogP contribution in [0.25, 0.3) is 0 Å². The quantitative estimate of drug-likeness (QED) is 0.781. The maximum absolute atomic E-state index is 12.7. The molecule has 0 N–H and O–H groups in total. The molecule has 1 aromatic rings. The molecule has 25 heavy (non-hydrogen) atoms. The summed E-state index contributed by atoms with van der Waals surface area (Å²) in [4.78, 5) is 21.4. The Kier molecular flexibility index (Phi) is 6.29. The molecular weight excluding hydrogens is 316 g/mol. The van der Waals surface area contributed by atoms with Gasteiger partial charge in [0, 0.05) is 51.5 Å². The van der Waals surface area contributed by atoms with Crippen LogP contribution in [0.15, 0.2) is 30.3 Å². The zero-order valence-electron chi connectivity index (χ0n) is 15.4. The highest BCUT2D eigenvalue weighted by Crippen LogP contribution is 2.16. The van der Waals surface area contributed by atoms with Gasteiger partial charge >= 0.3 is 0 Å². The van der Waals surface area contributed by atoms with E-state index in [4.69, 9.17) is 4.74 Å². The number of carbonyl (C=O) groups excluding carboxylic acids is 1. The number of anilines is 1. The molecule has 2 fully saturated rings. The Balaban J connectivity index is 1.45. The average molecular weight is 346 g/mol. The van der Waals surface area contributed by atoms with E-state index < -0.39 is 0 Å². The van der Waals surface area contributed by atoms with Gasteiger partial charge in [0.15, 0.2) is 0 Å². The zero-order valence-corrected chi connectivity index (χ0v) is 15.4. The van der Waals surface area contributed by atoms with Crippen LogP contribution in [0, 0.1) is 0 Å². The normalized spacial score (nSPS) is 22.4. The molecule has 0 aromatic heterocycles. The number of ether oxygens (including phenoxy) is 1. The minimum atomic E-state index is 0.200. The predicted molar refractivity (Wildman–Crippen MR) is 100.0 cm³/mol. The summed E-state index contributed by atoms with van der Waals surface area (Å²) in [7, 11) is 4.11. The van der Waals surface area contributed by atoms with E-state index in [9.17, 15) is 4.79 Å². The summed E-state index contributed by atoms with van der Waals surface area (Å²) < 4.78 is 5.79. The Labute approximate surface area is 150 Å². The molecule has 0 bridgehead atoms. The van der Waals surface area contributed by atoms with E-state index in [1.165, 1.54) is 5.69 Å². The van der Waals surface area contributed by atoms with Gasteiger partial charge in [-0.3, -0.25) is 9.69 Å². The third-order valence-electron chi connectivity index (χ3n) is 4.90. The van der Waals surface area contributed by atoms with E-state index in [-0.39, 0.29) is 12.0 Å². The van der Waals surface area contributed by atoms with Crippen molar-refractivity contribution in [1.82, 2.24) is 14.7 Å². The first-order valence-electron chi connectivity index (χ1n) is 9.18. The van der Waals surface area contributed by atoms with Crippen molar-refractivity contribution >= 4 is 11.6 Å². The van der Waals surface area contributed by atoms with Gasteiger partial charge in [-0.05, 0) is 26.2 Å². The van der Waals surface area contributed by atoms with Gasteiger partial charge in [-0.1, -0.05) is 18.2 Å². The van der Waals surface area contributed by atoms with Crippen molar-refractivity contribution in [3.8, 4) is 0 Å². The fraction of sp³-hybridized carbons (Fsp3) is 0.632. The summed E-state index contributed by atoms with van der Waals surface area (Å²) in [6.07, 6.45) is 0.200. The Morgan fingerprint density at radius 1 is 1.12 bits per heavy atom. The van der Waals surface area contributed by atoms with E-state index in [0.29, 0.717) is 13.2 Å². The third-order valence-corrected chi connectivity index (χ3v) is 4.90. The van der Waals surface area contributed by atoms with Crippen LogP contribution < -0.4 is 4.90 Å². The Morgan fingerprint density at radius 3 is 2.52 bits per heavy atom. The number of morpholine rings is 1. The van der Waals surface area contributed by atoms with Gasteiger partial charge in [-0.25, -0.2) is 0 Å². The molecule has 6 heteroatoms. The molecule has 138 valence electrons. The Hall–Kier alpha value is -1.63. The van der Waals surface area contributed by atoms with Crippen molar-refractivity contribution in [1.29, 1.82) is 0 Å². The third kappa shape index (κ3) is 5.17. The van der Waals surface area contributed by atoms with E-state index in [1.54, 1.807) is 0 Å². The Morgan fingerprint density at radius 2 is 1.84 bits per heavy atom. The van der Waals surface area contributed by atoms with Crippen LogP contribution in [0.2, 0.25) is 0 Å². The number of nitrogens with zero attached hydrogens (tertiary/aromatic N) is 4. The summed E-state index contributed by atoms with van der Waals surface area (Å²) in [6.45, 7) is 7.24. The second kappa shape index (κ2) is 8.65. The molecule has 0 spiro atoms. The lowest BCUT2D eigenvalue weighted by atomic mass is 10.2. The van der Waals surface area contributed by atoms with Crippen LogP contribution >= 0.6 is 0 Å². The average Bonchev–Trinajstić information content (AvgIpc) is 2.62. The maximum Gasteiger partial charge on any atom is 0.236 e. The number of amides is 1. The van der Waals surface area contributed by atoms with E-state index in [2.05, 4.69) is 53.1 Å². The largest absolute Gasteiger partial charge is 0.374 e. The van der Waals surface area contributed by atoms with Gasteiger partial charge in [0.1, 0.15) is 0 Å². The van der Waals surface area contributed by atoms with Crippen molar-refractivity contribution in [2.45, 2.75) is 6.10 Å². The highest BCUT2D eigenvalue weighted by atomic mass is 16.5. The number of likely N-dealkylation sites (N-methyl/N-ethyl adjacent to an activating group) is 1. The van der Waals surface area contributed by atoms with Gasteiger partial charge in [0.2, 0.25) is 5.91 Å². The maximum atomic E-state index is 12.7. The number of piperazine rings is 1. The number of hydrogen-bond acceptors (Lipinski definition) is 5. The molecule has 2 aliphatic rings. The SMILES string of the molecule is CN(C)C[C@@H]1CN(CC(=O)N2CCN(c3ccccc3)CC2)CCO1. The minimum Gasteiger partial charge on any atom is -0.374 e. The predicted octanol–water partition coefficient (Wildman–Crippen LogP) is 0.598. The summed E-state index contributed by atoms with van der Waals surface area (Å²) >= 11 is 0. The molecule has 2 aliphatic heterocycles. The molecule has 2 saturated heterocycles. The lowest BCUT2D eigenvalue weighted by Crippen LogP contribution is -2.54. The van der Waals surface area contributed by atoms with Crippen molar-refractivity contribution in [3.63, 3.8) is 0 Å². The van der Waals surface area contributed by atoms with Crippen molar-refractivity contribution in [2.75, 3.05) is 78.0 Å². The topological polar surface area (TPSA) is 39.3 Å². The number of carbonyl (C=O) groups is 1. The molecule has 6 nitrogen and oxygen atoms in total. The molecule has 1 aromatic carbocycles. The molecule has 0 saturated carbocycles. The molecule has 0 unspecified atom stereocenters. The van der Waals surface area contributed by atoms with Crippen molar-refractivity contribution in [2.24, 2.45) is 0 Å². The van der Waals surface area contributed by atoms with E-state index >= 15 is 0 Å². The zero-order chi connectivity index (χ0) is 17.6. The lowest BCUT2D eigenvalue weighted by Gasteiger charge is -2.38. The van der Waals surface area contributed by atoms with Gasteiger partial charge in [0.25, 0.3) is 0 Å². The first-order valence-corrected chi connectivity index (χ1v) is 9.18. The van der Waals surface area contributed by atoms with E-state index in [0.717, 1.165) is 45.8 Å². The van der Waals surface area contributed by atoms with Crippen LogP contribution in [-0.2, 0) is 9.53 Å². The van der Waals surface area contributed by atoms with Crippen LogP contribution in [0.5, 0.6) is 0 Å². The molecule has 0 radical (unpaired) electrons. The van der Waals surface area contributed by atoms with Gasteiger partial charge in [-0.2, -0.15) is 0 Å². The molecule has 1 amide bonds.